The molecule has 0 bridgehead atoms. The highest BCUT2D eigenvalue weighted by Gasteiger charge is 2.06. The van der Waals surface area contributed by atoms with E-state index in [1.165, 1.54) is 0 Å². The Kier molecular flexibility index (Phi) is 1.58. The summed E-state index contributed by atoms with van der Waals surface area (Å²) in [5, 5.41) is 3.35. The molecule has 0 fully saturated rings. The summed E-state index contributed by atoms with van der Waals surface area (Å²) in [5.74, 6) is 5.35. The molecule has 0 aliphatic carbocycles. The molecule has 0 aromatic rings. The Bertz CT molecular complexity index is 141. The molecule has 9 heavy (non-hydrogen) atoms. The Morgan fingerprint density at radius 3 is 2.44 bits per heavy atom. The molecule has 0 saturated heterocycles. The average Bonchev–Trinajstić information content (AvgIpc) is 2.37. The molecule has 0 spiro atoms. The zero-order valence-corrected chi connectivity index (χ0v) is 5.12. The quantitative estimate of drug-likeness (QED) is 0.144. The van der Waals surface area contributed by atoms with E-state index in [1.807, 2.05) is 17.1 Å². The maximum absolute atomic E-state index is 5.39. The molecule has 0 saturated carbocycles. The number of guanidine groups is 1. The van der Waals surface area contributed by atoms with Gasteiger partial charge in [-0.3, -0.25) is 0 Å². The van der Waals surface area contributed by atoms with Crippen LogP contribution in [0, 0.1) is 0 Å². The maximum Gasteiger partial charge on any atom is 0.213 e. The van der Waals surface area contributed by atoms with E-state index in [1.54, 1.807) is 0 Å². The van der Waals surface area contributed by atoms with Crippen LogP contribution < -0.4 is 11.6 Å². The Balaban J connectivity index is 2.46. The van der Waals surface area contributed by atoms with Crippen molar-refractivity contribution in [2.24, 2.45) is 16.7 Å². The minimum Gasteiger partial charge on any atom is -0.368 e. The zero-order chi connectivity index (χ0) is 6.69. The predicted octanol–water partition coefficient (Wildman–Crippen LogP) is -0.953. The van der Waals surface area contributed by atoms with Gasteiger partial charge in [-0.1, -0.05) is 12.2 Å². The largest absolute Gasteiger partial charge is 0.368 e. The second-order valence-corrected chi connectivity index (χ2v) is 1.86. The van der Waals surface area contributed by atoms with Crippen LogP contribution in [0.5, 0.6) is 0 Å². The number of hydrazone groups is 1. The molecule has 1 rings (SSSR count). The molecule has 50 valence electrons. The van der Waals surface area contributed by atoms with Crippen molar-refractivity contribution in [3.05, 3.63) is 12.2 Å². The summed E-state index contributed by atoms with van der Waals surface area (Å²) >= 11 is 0. The first-order valence-electron chi connectivity index (χ1n) is 2.78. The zero-order valence-electron chi connectivity index (χ0n) is 5.12. The van der Waals surface area contributed by atoms with Gasteiger partial charge < -0.3 is 16.5 Å². The third kappa shape index (κ3) is 1.13. The van der Waals surface area contributed by atoms with E-state index in [2.05, 4.69) is 5.10 Å². The molecular formula is C5H10N4. The topological polar surface area (TPSA) is 67.6 Å². The third-order valence-electron chi connectivity index (χ3n) is 1.27. The highest BCUT2D eigenvalue weighted by atomic mass is 15.3. The second kappa shape index (κ2) is 2.39. The van der Waals surface area contributed by atoms with Crippen molar-refractivity contribution in [1.29, 1.82) is 0 Å². The highest BCUT2D eigenvalue weighted by molar-refractivity contribution is 5.78. The fraction of sp³-hybridized carbons (Fsp3) is 0.400. The van der Waals surface area contributed by atoms with E-state index in [0.29, 0.717) is 5.96 Å². The van der Waals surface area contributed by atoms with Gasteiger partial charge in [0.05, 0.1) is 0 Å². The second-order valence-electron chi connectivity index (χ2n) is 1.86. The van der Waals surface area contributed by atoms with Crippen LogP contribution in [0.15, 0.2) is 17.3 Å². The van der Waals surface area contributed by atoms with Crippen LogP contribution in [-0.2, 0) is 0 Å². The van der Waals surface area contributed by atoms with Gasteiger partial charge in [-0.25, -0.2) is 0 Å². The molecule has 0 radical (unpaired) electrons. The van der Waals surface area contributed by atoms with Crippen molar-refractivity contribution in [2.75, 3.05) is 13.1 Å². The van der Waals surface area contributed by atoms with E-state index in [0.717, 1.165) is 13.1 Å². The van der Waals surface area contributed by atoms with E-state index in [9.17, 15) is 0 Å². The summed E-state index contributed by atoms with van der Waals surface area (Å²) in [6.45, 7) is 1.65. The SMILES string of the molecule is NN=C(N)N1CC=CC1. The molecular weight excluding hydrogens is 116 g/mol. The van der Waals surface area contributed by atoms with Gasteiger partial charge in [0.1, 0.15) is 0 Å². The lowest BCUT2D eigenvalue weighted by Gasteiger charge is -2.13. The molecule has 4 nitrogen and oxygen atoms in total. The van der Waals surface area contributed by atoms with Gasteiger partial charge in [-0.15, -0.1) is 5.10 Å². The van der Waals surface area contributed by atoms with Gasteiger partial charge in [0.2, 0.25) is 5.96 Å². The smallest absolute Gasteiger partial charge is 0.213 e. The van der Waals surface area contributed by atoms with E-state index in [4.69, 9.17) is 11.6 Å². The normalized spacial score (nSPS) is 19.1. The van der Waals surface area contributed by atoms with Crippen molar-refractivity contribution in [3.63, 3.8) is 0 Å². The predicted molar refractivity (Wildman–Crippen MR) is 36.5 cm³/mol. The maximum atomic E-state index is 5.39. The first-order valence-corrected chi connectivity index (χ1v) is 2.78. The molecule has 1 aliphatic heterocycles. The Morgan fingerprint density at radius 1 is 1.44 bits per heavy atom. The first-order chi connectivity index (χ1) is 4.34. The van der Waals surface area contributed by atoms with Gasteiger partial charge in [0.15, 0.2) is 0 Å². The molecule has 4 heteroatoms. The summed E-state index contributed by atoms with van der Waals surface area (Å²) in [4.78, 5) is 1.88. The van der Waals surface area contributed by atoms with Gasteiger partial charge in [-0.05, 0) is 0 Å². The molecule has 0 aromatic carbocycles. The van der Waals surface area contributed by atoms with Crippen molar-refractivity contribution in [1.82, 2.24) is 4.90 Å². The average molecular weight is 126 g/mol. The third-order valence-corrected chi connectivity index (χ3v) is 1.27. The van der Waals surface area contributed by atoms with Crippen molar-refractivity contribution < 1.29 is 0 Å². The van der Waals surface area contributed by atoms with Gasteiger partial charge >= 0.3 is 0 Å². The first kappa shape index (κ1) is 5.94. The van der Waals surface area contributed by atoms with Crippen LogP contribution in [0.25, 0.3) is 0 Å². The Hall–Kier alpha value is -1.19. The molecule has 0 amide bonds. The number of nitrogens with two attached hydrogens (primary N) is 2. The summed E-state index contributed by atoms with van der Waals surface area (Å²) in [5.41, 5.74) is 5.39. The molecule has 0 unspecified atom stereocenters. The van der Waals surface area contributed by atoms with Crippen LogP contribution in [0.4, 0.5) is 0 Å². The summed E-state index contributed by atoms with van der Waals surface area (Å²) in [6.07, 6.45) is 4.05. The Labute approximate surface area is 53.8 Å². The number of hydrogen-bond acceptors (Lipinski definition) is 2. The van der Waals surface area contributed by atoms with Crippen molar-refractivity contribution in [3.8, 4) is 0 Å². The standard InChI is InChI=1S/C5H10N4/c6-5(8-7)9-3-1-2-4-9/h1-2H,3-4,7H2,(H2,6,8). The van der Waals surface area contributed by atoms with Crippen molar-refractivity contribution >= 4 is 5.96 Å². The van der Waals surface area contributed by atoms with E-state index in [-0.39, 0.29) is 0 Å². The van der Waals surface area contributed by atoms with Crippen LogP contribution in [0.2, 0.25) is 0 Å². The van der Waals surface area contributed by atoms with Crippen LogP contribution in [0.3, 0.4) is 0 Å². The van der Waals surface area contributed by atoms with Gasteiger partial charge in [0.25, 0.3) is 0 Å². The lowest BCUT2D eigenvalue weighted by atomic mass is 10.6. The van der Waals surface area contributed by atoms with Crippen LogP contribution in [0.1, 0.15) is 0 Å². The molecule has 0 atom stereocenters. The van der Waals surface area contributed by atoms with Gasteiger partial charge in [-0.2, -0.15) is 0 Å². The summed E-state index contributed by atoms with van der Waals surface area (Å²) in [6, 6.07) is 0. The van der Waals surface area contributed by atoms with Gasteiger partial charge in [0, 0.05) is 13.1 Å². The molecule has 0 aromatic heterocycles. The summed E-state index contributed by atoms with van der Waals surface area (Å²) in [7, 11) is 0. The molecule has 1 aliphatic rings. The monoisotopic (exact) mass is 126 g/mol. The minimum atomic E-state index is 0.403. The number of hydrogen-bond donors (Lipinski definition) is 2. The molecule has 4 N–H and O–H groups in total. The Morgan fingerprint density at radius 2 is 2.00 bits per heavy atom. The van der Waals surface area contributed by atoms with Crippen molar-refractivity contribution in [2.45, 2.75) is 0 Å². The fourth-order valence-corrected chi connectivity index (χ4v) is 0.747. The fourth-order valence-electron chi connectivity index (χ4n) is 0.747. The number of nitrogens with zero attached hydrogens (tertiary/aromatic N) is 2. The lowest BCUT2D eigenvalue weighted by molar-refractivity contribution is 0.531. The van der Waals surface area contributed by atoms with E-state index >= 15 is 0 Å². The van der Waals surface area contributed by atoms with E-state index < -0.39 is 0 Å². The summed E-state index contributed by atoms with van der Waals surface area (Å²) < 4.78 is 0. The minimum absolute atomic E-state index is 0.403. The lowest BCUT2D eigenvalue weighted by Crippen LogP contribution is -2.36. The highest BCUT2D eigenvalue weighted by Crippen LogP contribution is 1.95. The number of rotatable bonds is 0. The van der Waals surface area contributed by atoms with Crippen LogP contribution >= 0.6 is 0 Å². The van der Waals surface area contributed by atoms with Crippen LogP contribution in [-0.4, -0.2) is 23.9 Å². The molecule has 1 heterocycles.